The second kappa shape index (κ2) is 9.20. The maximum Gasteiger partial charge on any atom is 0.258 e. The van der Waals surface area contributed by atoms with Crippen LogP contribution in [0, 0.1) is 6.92 Å². The van der Waals surface area contributed by atoms with E-state index in [0.29, 0.717) is 31.0 Å². The Balaban J connectivity index is 1.55. The van der Waals surface area contributed by atoms with Crippen molar-refractivity contribution in [3.63, 3.8) is 0 Å². The lowest BCUT2D eigenvalue weighted by atomic mass is 10.0. The van der Waals surface area contributed by atoms with Crippen molar-refractivity contribution < 1.29 is 9.53 Å². The molecule has 31 heavy (non-hydrogen) atoms. The summed E-state index contributed by atoms with van der Waals surface area (Å²) in [6.45, 7) is 9.93. The molecule has 0 aliphatic carbocycles. The SMILES string of the molecule is CCNc1cc(N2CCN(C(=O)c3c(OCC)ccc4ccccc34)CC2)nc(C)n1. The minimum Gasteiger partial charge on any atom is -0.493 e. The van der Waals surface area contributed by atoms with Crippen molar-refractivity contribution in [2.75, 3.05) is 49.5 Å². The Hall–Kier alpha value is -3.35. The second-order valence-electron chi connectivity index (χ2n) is 7.56. The maximum atomic E-state index is 13.5. The van der Waals surface area contributed by atoms with Crippen LogP contribution in [0.5, 0.6) is 5.75 Å². The van der Waals surface area contributed by atoms with Gasteiger partial charge in [0.2, 0.25) is 0 Å². The van der Waals surface area contributed by atoms with Gasteiger partial charge in [0.1, 0.15) is 23.2 Å². The number of piperazine rings is 1. The molecule has 1 N–H and O–H groups in total. The van der Waals surface area contributed by atoms with Gasteiger partial charge in [0.25, 0.3) is 5.91 Å². The molecule has 1 fully saturated rings. The van der Waals surface area contributed by atoms with Crippen LogP contribution in [0.25, 0.3) is 10.8 Å². The minimum atomic E-state index is 0.0205. The van der Waals surface area contributed by atoms with Gasteiger partial charge in [0.15, 0.2) is 0 Å². The topological polar surface area (TPSA) is 70.6 Å². The number of hydrogen-bond acceptors (Lipinski definition) is 6. The van der Waals surface area contributed by atoms with Gasteiger partial charge in [-0.3, -0.25) is 4.79 Å². The monoisotopic (exact) mass is 419 g/mol. The fourth-order valence-corrected chi connectivity index (χ4v) is 4.03. The van der Waals surface area contributed by atoms with E-state index >= 15 is 0 Å². The standard InChI is InChI=1S/C24H29N5O2/c1-4-25-21-16-22(27-17(3)26-21)28-12-14-29(15-13-28)24(30)23-19-9-7-6-8-18(19)10-11-20(23)31-5-2/h6-11,16H,4-5,12-15H2,1-3H3,(H,25,26,27). The fourth-order valence-electron chi connectivity index (χ4n) is 4.03. The van der Waals surface area contributed by atoms with Crippen molar-refractivity contribution in [1.29, 1.82) is 0 Å². The smallest absolute Gasteiger partial charge is 0.258 e. The zero-order chi connectivity index (χ0) is 21.8. The van der Waals surface area contributed by atoms with Gasteiger partial charge in [-0.1, -0.05) is 30.3 Å². The number of ether oxygens (including phenoxy) is 1. The molecule has 1 aliphatic heterocycles. The summed E-state index contributed by atoms with van der Waals surface area (Å²) in [4.78, 5) is 26.7. The summed E-state index contributed by atoms with van der Waals surface area (Å²) in [5.74, 6) is 3.14. The average molecular weight is 420 g/mol. The summed E-state index contributed by atoms with van der Waals surface area (Å²) < 4.78 is 5.82. The number of rotatable bonds is 6. The third-order valence-electron chi connectivity index (χ3n) is 5.48. The molecule has 3 aromatic rings. The maximum absolute atomic E-state index is 13.5. The third-order valence-corrected chi connectivity index (χ3v) is 5.48. The van der Waals surface area contributed by atoms with Gasteiger partial charge in [-0.15, -0.1) is 0 Å². The molecular formula is C24H29N5O2. The molecule has 0 saturated carbocycles. The number of aromatic nitrogens is 2. The van der Waals surface area contributed by atoms with Crippen molar-refractivity contribution in [3.05, 3.63) is 53.9 Å². The molecule has 4 rings (SSSR count). The van der Waals surface area contributed by atoms with Crippen molar-refractivity contribution >= 4 is 28.3 Å². The molecule has 2 aromatic carbocycles. The van der Waals surface area contributed by atoms with Crippen LogP contribution in [-0.4, -0.2) is 60.1 Å². The number of carbonyl (C=O) groups excluding carboxylic acids is 1. The van der Waals surface area contributed by atoms with Crippen LogP contribution in [0.2, 0.25) is 0 Å². The molecule has 0 spiro atoms. The molecule has 1 saturated heterocycles. The molecular weight excluding hydrogens is 390 g/mol. The summed E-state index contributed by atoms with van der Waals surface area (Å²) in [6.07, 6.45) is 0. The zero-order valence-electron chi connectivity index (χ0n) is 18.4. The molecule has 2 heterocycles. The molecule has 1 amide bonds. The van der Waals surface area contributed by atoms with E-state index in [4.69, 9.17) is 4.74 Å². The summed E-state index contributed by atoms with van der Waals surface area (Å²) in [5.41, 5.74) is 0.653. The molecule has 0 unspecified atom stereocenters. The predicted octanol–water partition coefficient (Wildman–Crippen LogP) is 3.73. The largest absolute Gasteiger partial charge is 0.493 e. The van der Waals surface area contributed by atoms with Crippen molar-refractivity contribution in [2.24, 2.45) is 0 Å². The number of nitrogens with one attached hydrogen (secondary N) is 1. The Kier molecular flexibility index (Phi) is 6.21. The Morgan fingerprint density at radius 1 is 1.06 bits per heavy atom. The third kappa shape index (κ3) is 4.40. The molecule has 1 aliphatic rings. The number of anilines is 2. The molecule has 162 valence electrons. The van der Waals surface area contributed by atoms with E-state index in [9.17, 15) is 4.79 Å². The number of aryl methyl sites for hydroxylation is 1. The van der Waals surface area contributed by atoms with E-state index in [-0.39, 0.29) is 5.91 Å². The molecule has 1 aromatic heterocycles. The molecule has 7 nitrogen and oxygen atoms in total. The van der Waals surface area contributed by atoms with Gasteiger partial charge < -0.3 is 19.9 Å². The number of nitrogens with zero attached hydrogens (tertiary/aromatic N) is 4. The Labute approximate surface area is 183 Å². The minimum absolute atomic E-state index is 0.0205. The Morgan fingerprint density at radius 3 is 2.58 bits per heavy atom. The van der Waals surface area contributed by atoms with Gasteiger partial charge in [0, 0.05) is 38.8 Å². The van der Waals surface area contributed by atoms with Crippen molar-refractivity contribution in [1.82, 2.24) is 14.9 Å². The van der Waals surface area contributed by atoms with Gasteiger partial charge in [-0.25, -0.2) is 9.97 Å². The Bertz CT molecular complexity index is 1080. The van der Waals surface area contributed by atoms with Crippen LogP contribution in [0.4, 0.5) is 11.6 Å². The number of hydrogen-bond donors (Lipinski definition) is 1. The first-order valence-electron chi connectivity index (χ1n) is 10.9. The average Bonchev–Trinajstić information content (AvgIpc) is 2.79. The molecule has 0 radical (unpaired) electrons. The van der Waals surface area contributed by atoms with Gasteiger partial charge in [-0.2, -0.15) is 0 Å². The first kappa shape index (κ1) is 20.9. The molecule has 7 heteroatoms. The van der Waals surface area contributed by atoms with Crippen molar-refractivity contribution in [3.8, 4) is 5.75 Å². The summed E-state index contributed by atoms with van der Waals surface area (Å²) >= 11 is 0. The first-order valence-corrected chi connectivity index (χ1v) is 10.9. The Morgan fingerprint density at radius 2 is 1.84 bits per heavy atom. The van der Waals surface area contributed by atoms with Crippen LogP contribution in [-0.2, 0) is 0 Å². The highest BCUT2D eigenvalue weighted by Crippen LogP contribution is 2.30. The normalized spacial score (nSPS) is 14.0. The van der Waals surface area contributed by atoms with Crippen LogP contribution < -0.4 is 15.0 Å². The highest BCUT2D eigenvalue weighted by atomic mass is 16.5. The van der Waals surface area contributed by atoms with E-state index in [1.807, 2.05) is 68.1 Å². The van der Waals surface area contributed by atoms with Crippen LogP contribution in [0.15, 0.2) is 42.5 Å². The lowest BCUT2D eigenvalue weighted by molar-refractivity contribution is 0.0744. The highest BCUT2D eigenvalue weighted by Gasteiger charge is 2.27. The molecule has 0 bridgehead atoms. The first-order chi connectivity index (χ1) is 15.1. The lowest BCUT2D eigenvalue weighted by Crippen LogP contribution is -2.49. The highest BCUT2D eigenvalue weighted by molar-refractivity contribution is 6.09. The van der Waals surface area contributed by atoms with Gasteiger partial charge >= 0.3 is 0 Å². The summed E-state index contributed by atoms with van der Waals surface area (Å²) in [6, 6.07) is 13.9. The van der Waals surface area contributed by atoms with E-state index in [2.05, 4.69) is 20.2 Å². The zero-order valence-corrected chi connectivity index (χ0v) is 18.4. The van der Waals surface area contributed by atoms with Crippen molar-refractivity contribution in [2.45, 2.75) is 20.8 Å². The number of amides is 1. The second-order valence-corrected chi connectivity index (χ2v) is 7.56. The van der Waals surface area contributed by atoms with Gasteiger partial charge in [0.05, 0.1) is 12.2 Å². The summed E-state index contributed by atoms with van der Waals surface area (Å²) in [5, 5.41) is 5.23. The van der Waals surface area contributed by atoms with E-state index < -0.39 is 0 Å². The number of benzene rings is 2. The predicted molar refractivity (Wildman–Crippen MR) is 124 cm³/mol. The summed E-state index contributed by atoms with van der Waals surface area (Å²) in [7, 11) is 0. The fraction of sp³-hybridized carbons (Fsp3) is 0.375. The number of carbonyl (C=O) groups is 1. The van der Waals surface area contributed by atoms with E-state index in [1.165, 1.54) is 0 Å². The van der Waals surface area contributed by atoms with Gasteiger partial charge in [-0.05, 0) is 37.6 Å². The molecule has 0 atom stereocenters. The number of fused-ring (bicyclic) bond motifs is 1. The quantitative estimate of drug-likeness (QED) is 0.657. The van der Waals surface area contributed by atoms with E-state index in [0.717, 1.165) is 47.9 Å². The van der Waals surface area contributed by atoms with Crippen LogP contribution >= 0.6 is 0 Å². The van der Waals surface area contributed by atoms with Crippen LogP contribution in [0.1, 0.15) is 30.0 Å². The van der Waals surface area contributed by atoms with E-state index in [1.54, 1.807) is 0 Å². The van der Waals surface area contributed by atoms with Crippen LogP contribution in [0.3, 0.4) is 0 Å². The lowest BCUT2D eigenvalue weighted by Gasteiger charge is -2.36.